The molecule has 2 aromatic carbocycles. The van der Waals surface area contributed by atoms with Gasteiger partial charge in [0, 0.05) is 30.5 Å². The third-order valence-electron chi connectivity index (χ3n) is 5.54. The Morgan fingerprint density at radius 3 is 2.28 bits per heavy atom. The molecule has 0 radical (unpaired) electrons. The molecule has 2 heterocycles. The molecule has 39 heavy (non-hydrogen) atoms. The van der Waals surface area contributed by atoms with Crippen molar-refractivity contribution >= 4 is 52.8 Å². The normalized spacial score (nSPS) is 11.4. The summed E-state index contributed by atoms with van der Waals surface area (Å²) in [6.45, 7) is 0.530. The van der Waals surface area contributed by atoms with E-state index in [1.165, 1.54) is 12.1 Å². The number of carboxylic acid groups (broad SMARTS) is 1. The molecule has 0 aliphatic rings. The number of nitrogens with zero attached hydrogens (tertiary/aromatic N) is 4. The first-order chi connectivity index (χ1) is 18.4. The minimum absolute atomic E-state index is 0. The van der Waals surface area contributed by atoms with E-state index in [9.17, 15) is 14.7 Å². The molecule has 0 bridgehead atoms. The molecule has 1 amide bonds. The van der Waals surface area contributed by atoms with Gasteiger partial charge in [0.15, 0.2) is 0 Å². The number of anilines is 2. The number of carbonyl (C=O) groups is 2. The van der Waals surface area contributed by atoms with Crippen molar-refractivity contribution in [1.82, 2.24) is 20.3 Å². The minimum atomic E-state index is -1.17. The quantitative estimate of drug-likeness (QED) is 0.282. The van der Waals surface area contributed by atoms with Crippen molar-refractivity contribution in [2.75, 3.05) is 4.90 Å². The van der Waals surface area contributed by atoms with Crippen LogP contribution in [0.5, 0.6) is 0 Å². The van der Waals surface area contributed by atoms with Crippen LogP contribution >= 0.6 is 23.2 Å². The molecular weight excluding hydrogens is 548 g/mol. The smallest absolute Gasteiger partial charge is 1.00 e. The summed E-state index contributed by atoms with van der Waals surface area (Å²) in [7, 11) is 0. The number of hydrogen-bond donors (Lipinski definition) is 2. The molecule has 194 valence electrons. The number of halogens is 2. The van der Waals surface area contributed by atoms with Gasteiger partial charge in [0.05, 0.1) is 22.2 Å². The molecule has 0 aliphatic heterocycles. The molecule has 8 nitrogen and oxygen atoms in total. The van der Waals surface area contributed by atoms with E-state index in [2.05, 4.69) is 20.3 Å². The topological polar surface area (TPSA) is 108 Å². The Kier molecular flexibility index (Phi) is 11.5. The monoisotopic (exact) mass is 571 g/mol. The fourth-order valence-electron chi connectivity index (χ4n) is 3.65. The first kappa shape index (κ1) is 30.3. The summed E-state index contributed by atoms with van der Waals surface area (Å²) in [5, 5.41) is 12.4. The fourth-order valence-corrected chi connectivity index (χ4v) is 4.22. The number of carbonyl (C=O) groups excluding carboxylic acids is 1. The molecule has 1 unspecified atom stereocenters. The molecule has 2 N–H and O–H groups in total. The molecule has 0 spiro atoms. The van der Waals surface area contributed by atoms with E-state index >= 15 is 0 Å². The minimum Gasteiger partial charge on any atom is -1.00 e. The molecule has 11 heteroatoms. The Hall–Kier alpha value is -3.27. The van der Waals surface area contributed by atoms with Crippen LogP contribution in [-0.4, -0.2) is 38.0 Å². The Labute approximate surface area is 259 Å². The molecule has 4 aromatic rings. The molecule has 0 saturated heterocycles. The maximum atomic E-state index is 12.6. The molecule has 0 aliphatic carbocycles. The van der Waals surface area contributed by atoms with Crippen molar-refractivity contribution in [3.63, 3.8) is 0 Å². The number of benzene rings is 2. The summed E-state index contributed by atoms with van der Waals surface area (Å²) in [5.41, 5.74) is 2.78. The second kappa shape index (κ2) is 14.8. The van der Waals surface area contributed by atoms with Gasteiger partial charge in [-0.25, -0.2) is 14.8 Å². The van der Waals surface area contributed by atoms with Gasteiger partial charge in [0.2, 0.25) is 5.95 Å². The number of pyridine rings is 1. The number of rotatable bonds is 10. The SMILES string of the molecule is O=C(NC(C/C=C/c1ccc(N(Cc2cccnc2)c2ncccn2)cc1)C(=O)O)c1c(Cl)cccc1Cl.[H-].[Na+]. The van der Waals surface area contributed by atoms with Crippen LogP contribution in [0.4, 0.5) is 11.6 Å². The zero-order valence-electron chi connectivity index (χ0n) is 22.0. The molecule has 0 fully saturated rings. The van der Waals surface area contributed by atoms with E-state index in [-0.39, 0.29) is 53.0 Å². The summed E-state index contributed by atoms with van der Waals surface area (Å²) in [4.78, 5) is 39.3. The van der Waals surface area contributed by atoms with Gasteiger partial charge in [-0.15, -0.1) is 0 Å². The summed E-state index contributed by atoms with van der Waals surface area (Å²) in [6, 6.07) is 16.8. The van der Waals surface area contributed by atoms with E-state index in [1.807, 2.05) is 41.3 Å². The standard InChI is InChI=1S/C28H23Cl2N5O3.Na.H/c29-22-7-2-8-23(30)25(22)26(36)34-24(27(37)38)9-1-5-19-10-12-21(13-11-19)35(28-32-15-4-16-33-28)18-20-6-3-14-31-17-20;;/h1-8,10-17,24H,9,18H2,(H,34,36)(H,37,38);;/q;+1;-1/b5-1+;;. The van der Waals surface area contributed by atoms with Gasteiger partial charge in [0.1, 0.15) is 6.04 Å². The number of amides is 1. The molecule has 1 atom stereocenters. The zero-order valence-corrected chi connectivity index (χ0v) is 24.5. The Morgan fingerprint density at radius 2 is 1.67 bits per heavy atom. The van der Waals surface area contributed by atoms with Gasteiger partial charge >= 0.3 is 35.5 Å². The maximum absolute atomic E-state index is 12.6. The number of carboxylic acids is 1. The van der Waals surface area contributed by atoms with Crippen LogP contribution in [0.15, 0.2) is 91.5 Å². The third-order valence-corrected chi connectivity index (χ3v) is 6.17. The Morgan fingerprint density at radius 1 is 0.974 bits per heavy atom. The van der Waals surface area contributed by atoms with E-state index in [1.54, 1.807) is 49.1 Å². The zero-order chi connectivity index (χ0) is 26.9. The van der Waals surface area contributed by atoms with Gasteiger partial charge in [-0.3, -0.25) is 9.78 Å². The van der Waals surface area contributed by atoms with Gasteiger partial charge < -0.3 is 16.7 Å². The summed E-state index contributed by atoms with van der Waals surface area (Å²) < 4.78 is 0. The second-order valence-electron chi connectivity index (χ2n) is 8.19. The number of nitrogens with one attached hydrogen (secondary N) is 1. The molecule has 2 aromatic heterocycles. The maximum Gasteiger partial charge on any atom is 1.00 e. The predicted molar refractivity (Wildman–Crippen MR) is 149 cm³/mol. The average molecular weight is 572 g/mol. The van der Waals surface area contributed by atoms with Gasteiger partial charge in [-0.2, -0.15) is 0 Å². The van der Waals surface area contributed by atoms with Crippen molar-refractivity contribution in [3.8, 4) is 0 Å². The van der Waals surface area contributed by atoms with E-state index in [0.717, 1.165) is 16.8 Å². The molecule has 4 rings (SSSR count). The predicted octanol–water partition coefficient (Wildman–Crippen LogP) is 2.92. The van der Waals surface area contributed by atoms with Crippen LogP contribution in [0.25, 0.3) is 6.08 Å². The first-order valence-electron chi connectivity index (χ1n) is 11.6. The second-order valence-corrected chi connectivity index (χ2v) is 9.00. The van der Waals surface area contributed by atoms with E-state index in [4.69, 9.17) is 23.2 Å². The van der Waals surface area contributed by atoms with Crippen LogP contribution < -0.4 is 39.8 Å². The Balaban J connectivity index is 0.00000280. The van der Waals surface area contributed by atoms with Gasteiger partial charge in [-0.05, 0) is 53.9 Å². The Bertz CT molecular complexity index is 1410. The van der Waals surface area contributed by atoms with Gasteiger partial charge in [0.25, 0.3) is 5.91 Å². The van der Waals surface area contributed by atoms with Crippen molar-refractivity contribution in [3.05, 3.63) is 118 Å². The summed E-state index contributed by atoms with van der Waals surface area (Å²) in [6.07, 6.45) is 10.4. The van der Waals surface area contributed by atoms with Crippen molar-refractivity contribution in [1.29, 1.82) is 0 Å². The van der Waals surface area contributed by atoms with Crippen molar-refractivity contribution < 1.29 is 45.7 Å². The first-order valence-corrected chi connectivity index (χ1v) is 12.4. The van der Waals surface area contributed by atoms with Crippen LogP contribution in [0.1, 0.15) is 29.3 Å². The van der Waals surface area contributed by atoms with Gasteiger partial charge in [-0.1, -0.05) is 59.6 Å². The van der Waals surface area contributed by atoms with Crippen LogP contribution in [-0.2, 0) is 11.3 Å². The number of aromatic nitrogens is 3. The fraction of sp³-hybridized carbons (Fsp3) is 0.107. The number of aliphatic carboxylic acids is 1. The summed E-state index contributed by atoms with van der Waals surface area (Å²) >= 11 is 12.1. The average Bonchev–Trinajstić information content (AvgIpc) is 2.92. The largest absolute Gasteiger partial charge is 1.00 e. The van der Waals surface area contributed by atoms with Crippen LogP contribution in [0.2, 0.25) is 10.0 Å². The summed E-state index contributed by atoms with van der Waals surface area (Å²) in [5.74, 6) is -1.27. The third kappa shape index (κ3) is 8.36. The van der Waals surface area contributed by atoms with Crippen LogP contribution in [0, 0.1) is 0 Å². The van der Waals surface area contributed by atoms with Crippen LogP contribution in [0.3, 0.4) is 0 Å². The van der Waals surface area contributed by atoms with Crippen molar-refractivity contribution in [2.45, 2.75) is 19.0 Å². The number of hydrogen-bond acceptors (Lipinski definition) is 6. The van der Waals surface area contributed by atoms with E-state index < -0.39 is 17.9 Å². The molecular formula is C28H24Cl2N5NaO3. The molecule has 0 saturated carbocycles. The van der Waals surface area contributed by atoms with Crippen molar-refractivity contribution in [2.24, 2.45) is 0 Å². The van der Waals surface area contributed by atoms with E-state index in [0.29, 0.717) is 12.5 Å².